The van der Waals surface area contributed by atoms with E-state index in [2.05, 4.69) is 4.72 Å². The van der Waals surface area contributed by atoms with Gasteiger partial charge in [0.1, 0.15) is 4.90 Å². The average Bonchev–Trinajstić information content (AvgIpc) is 3.02. The summed E-state index contributed by atoms with van der Waals surface area (Å²) in [4.78, 5) is 0.0178. The number of halogens is 1. The van der Waals surface area contributed by atoms with E-state index in [1.165, 1.54) is 12.1 Å². The zero-order valence-corrected chi connectivity index (χ0v) is 14.2. The fourth-order valence-electron chi connectivity index (χ4n) is 2.36. The number of benzene rings is 2. The van der Waals surface area contributed by atoms with Gasteiger partial charge < -0.3 is 14.6 Å². The number of ether oxygens (including phenoxy) is 2. The number of hydrogen-bond acceptors (Lipinski definition) is 5. The van der Waals surface area contributed by atoms with Gasteiger partial charge in [-0.05, 0) is 36.2 Å². The monoisotopic (exact) mass is 369 g/mol. The molecule has 0 aliphatic carbocycles. The van der Waals surface area contributed by atoms with Crippen LogP contribution in [-0.2, 0) is 10.0 Å². The minimum Gasteiger partial charge on any atom is -0.454 e. The van der Waals surface area contributed by atoms with Crippen LogP contribution in [-0.4, -0.2) is 26.9 Å². The number of aliphatic hydroxyl groups is 1. The molecule has 1 unspecified atom stereocenters. The molecule has 0 aromatic heterocycles. The van der Waals surface area contributed by atoms with Crippen molar-refractivity contribution in [3.05, 3.63) is 53.1 Å². The topological polar surface area (TPSA) is 84.9 Å². The molecule has 0 spiro atoms. The highest BCUT2D eigenvalue weighted by Gasteiger charge is 2.19. The van der Waals surface area contributed by atoms with Crippen LogP contribution in [0.3, 0.4) is 0 Å². The fourth-order valence-corrected chi connectivity index (χ4v) is 3.92. The molecule has 0 bridgehead atoms. The number of aliphatic hydroxyl groups excluding tert-OH is 1. The molecule has 0 radical (unpaired) electrons. The van der Waals surface area contributed by atoms with Crippen LogP contribution in [0.2, 0.25) is 5.02 Å². The van der Waals surface area contributed by atoms with E-state index >= 15 is 0 Å². The number of hydrogen-bond donors (Lipinski definition) is 2. The molecule has 24 heavy (non-hydrogen) atoms. The molecule has 0 amide bonds. The largest absolute Gasteiger partial charge is 0.454 e. The van der Waals surface area contributed by atoms with Crippen molar-refractivity contribution in [1.82, 2.24) is 4.72 Å². The summed E-state index contributed by atoms with van der Waals surface area (Å²) in [6, 6.07) is 11.3. The quantitative estimate of drug-likeness (QED) is 0.817. The highest BCUT2D eigenvalue weighted by Crippen LogP contribution is 2.34. The molecule has 2 aromatic carbocycles. The van der Waals surface area contributed by atoms with Gasteiger partial charge in [-0.2, -0.15) is 0 Å². The predicted molar refractivity (Wildman–Crippen MR) is 88.8 cm³/mol. The van der Waals surface area contributed by atoms with Crippen LogP contribution in [0.1, 0.15) is 18.1 Å². The standard InChI is InChI=1S/C16H16ClNO5S/c17-12-3-1-2-4-16(12)24(20,21)18-8-7-13(19)11-5-6-14-15(9-11)23-10-22-14/h1-6,9,13,18-19H,7-8,10H2. The van der Waals surface area contributed by atoms with E-state index in [0.29, 0.717) is 17.1 Å². The number of rotatable bonds is 6. The summed E-state index contributed by atoms with van der Waals surface area (Å²) in [6.07, 6.45) is -0.614. The van der Waals surface area contributed by atoms with E-state index in [1.807, 2.05) is 0 Å². The Kier molecular flexibility index (Phi) is 4.96. The maximum absolute atomic E-state index is 12.2. The number of nitrogens with one attached hydrogen (secondary N) is 1. The highest BCUT2D eigenvalue weighted by molar-refractivity contribution is 7.89. The van der Waals surface area contributed by atoms with Gasteiger partial charge in [0.15, 0.2) is 11.5 Å². The second kappa shape index (κ2) is 6.98. The van der Waals surface area contributed by atoms with Crippen LogP contribution >= 0.6 is 11.6 Å². The van der Waals surface area contributed by atoms with Crippen molar-refractivity contribution in [2.45, 2.75) is 17.4 Å². The minimum absolute atomic E-state index is 0.0178. The first-order valence-corrected chi connectivity index (χ1v) is 9.15. The Morgan fingerprint density at radius 1 is 1.17 bits per heavy atom. The smallest absolute Gasteiger partial charge is 0.242 e. The van der Waals surface area contributed by atoms with Gasteiger partial charge >= 0.3 is 0 Å². The summed E-state index contributed by atoms with van der Waals surface area (Å²) in [5.41, 5.74) is 0.635. The Morgan fingerprint density at radius 2 is 1.92 bits per heavy atom. The zero-order chi connectivity index (χ0) is 17.2. The third-order valence-corrected chi connectivity index (χ3v) is 5.58. The minimum atomic E-state index is -3.72. The third kappa shape index (κ3) is 3.64. The zero-order valence-electron chi connectivity index (χ0n) is 12.6. The van der Waals surface area contributed by atoms with Crippen LogP contribution in [0.25, 0.3) is 0 Å². The summed E-state index contributed by atoms with van der Waals surface area (Å²) in [6.45, 7) is 0.232. The highest BCUT2D eigenvalue weighted by atomic mass is 35.5. The van der Waals surface area contributed by atoms with Crippen molar-refractivity contribution in [2.75, 3.05) is 13.3 Å². The van der Waals surface area contributed by atoms with Gasteiger partial charge in [-0.3, -0.25) is 0 Å². The molecule has 2 aromatic rings. The Bertz CT molecular complexity index is 840. The van der Waals surface area contributed by atoms with Crippen molar-refractivity contribution in [3.63, 3.8) is 0 Å². The summed E-state index contributed by atoms with van der Waals surface area (Å²) in [5.74, 6) is 1.20. The lowest BCUT2D eigenvalue weighted by molar-refractivity contribution is 0.166. The van der Waals surface area contributed by atoms with E-state index in [4.69, 9.17) is 21.1 Å². The number of fused-ring (bicyclic) bond motifs is 1. The first-order valence-electron chi connectivity index (χ1n) is 7.29. The molecular weight excluding hydrogens is 354 g/mol. The van der Waals surface area contributed by atoms with E-state index in [1.54, 1.807) is 30.3 Å². The molecule has 128 valence electrons. The van der Waals surface area contributed by atoms with Crippen LogP contribution in [0.15, 0.2) is 47.4 Å². The summed E-state index contributed by atoms with van der Waals surface area (Å²) < 4.78 is 37.3. The van der Waals surface area contributed by atoms with Gasteiger partial charge in [0, 0.05) is 6.54 Å². The van der Waals surface area contributed by atoms with E-state index in [0.717, 1.165) is 0 Å². The van der Waals surface area contributed by atoms with Gasteiger partial charge in [0.05, 0.1) is 11.1 Å². The molecule has 0 saturated heterocycles. The van der Waals surface area contributed by atoms with E-state index in [-0.39, 0.29) is 29.7 Å². The second-order valence-corrected chi connectivity index (χ2v) is 7.39. The molecule has 8 heteroatoms. The van der Waals surface area contributed by atoms with Crippen molar-refractivity contribution in [2.24, 2.45) is 0 Å². The van der Waals surface area contributed by atoms with Gasteiger partial charge in [0.25, 0.3) is 0 Å². The van der Waals surface area contributed by atoms with Gasteiger partial charge in [-0.1, -0.05) is 29.8 Å². The Morgan fingerprint density at radius 3 is 2.71 bits per heavy atom. The van der Waals surface area contributed by atoms with Crippen molar-refractivity contribution in [3.8, 4) is 11.5 Å². The fraction of sp³-hybridized carbons (Fsp3) is 0.250. The van der Waals surface area contributed by atoms with E-state index in [9.17, 15) is 13.5 Å². The molecule has 1 aliphatic rings. The van der Waals surface area contributed by atoms with Gasteiger partial charge in [0.2, 0.25) is 16.8 Å². The Labute approximate surface area is 145 Å². The lowest BCUT2D eigenvalue weighted by atomic mass is 10.1. The van der Waals surface area contributed by atoms with Gasteiger partial charge in [-0.25, -0.2) is 13.1 Å². The molecule has 1 aliphatic heterocycles. The maximum atomic E-state index is 12.2. The number of sulfonamides is 1. The third-order valence-electron chi connectivity index (χ3n) is 3.62. The van der Waals surface area contributed by atoms with E-state index < -0.39 is 16.1 Å². The average molecular weight is 370 g/mol. The van der Waals surface area contributed by atoms with Crippen LogP contribution in [0, 0.1) is 0 Å². The normalized spacial score (nSPS) is 14.6. The molecule has 1 atom stereocenters. The van der Waals surface area contributed by atoms with Crippen molar-refractivity contribution < 1.29 is 23.0 Å². The molecule has 6 nitrogen and oxygen atoms in total. The van der Waals surface area contributed by atoms with Crippen LogP contribution < -0.4 is 14.2 Å². The molecule has 1 heterocycles. The van der Waals surface area contributed by atoms with Gasteiger partial charge in [-0.15, -0.1) is 0 Å². The summed E-state index contributed by atoms with van der Waals surface area (Å²) in [5, 5.41) is 10.4. The molecule has 3 rings (SSSR count). The maximum Gasteiger partial charge on any atom is 0.242 e. The summed E-state index contributed by atoms with van der Waals surface area (Å²) in [7, 11) is -3.72. The summed E-state index contributed by atoms with van der Waals surface area (Å²) >= 11 is 5.91. The molecule has 0 fully saturated rings. The predicted octanol–water partition coefficient (Wildman–Crippen LogP) is 2.47. The lowest BCUT2D eigenvalue weighted by Crippen LogP contribution is -2.26. The first kappa shape index (κ1) is 17.0. The van der Waals surface area contributed by atoms with Crippen molar-refractivity contribution in [1.29, 1.82) is 0 Å². The van der Waals surface area contributed by atoms with Crippen molar-refractivity contribution >= 4 is 21.6 Å². The molecular formula is C16H16ClNO5S. The molecule has 0 saturated carbocycles. The SMILES string of the molecule is O=S(=O)(NCCC(O)c1ccc2c(c1)OCO2)c1ccccc1Cl. The van der Waals surface area contributed by atoms with Crippen LogP contribution in [0.5, 0.6) is 11.5 Å². The second-order valence-electron chi connectivity index (χ2n) is 5.25. The first-order chi connectivity index (χ1) is 11.5. The lowest BCUT2D eigenvalue weighted by Gasteiger charge is -2.13. The van der Waals surface area contributed by atoms with Crippen LogP contribution in [0.4, 0.5) is 0 Å². The Hall–Kier alpha value is -1.80. The molecule has 2 N–H and O–H groups in total. The Balaban J connectivity index is 1.61.